The molecule has 0 aromatic rings. The largest absolute Gasteiger partial charge is 0.412 e. The molecule has 0 aromatic heterocycles. The van der Waals surface area contributed by atoms with Gasteiger partial charge in [-0.25, -0.2) is 0 Å². The molecule has 1 unspecified atom stereocenters. The van der Waals surface area contributed by atoms with E-state index < -0.39 is 17.8 Å². The Hall–Kier alpha value is -0.770. The van der Waals surface area contributed by atoms with Crippen LogP contribution >= 0.6 is 0 Å². The van der Waals surface area contributed by atoms with Crippen LogP contribution in [0.25, 0.3) is 0 Å². The summed E-state index contributed by atoms with van der Waals surface area (Å²) in [4.78, 5) is 0. The fourth-order valence-electron chi connectivity index (χ4n) is 1.34. The van der Waals surface area contributed by atoms with Gasteiger partial charge in [0.2, 0.25) is 0 Å². The number of halogens is 3. The van der Waals surface area contributed by atoms with E-state index in [-0.39, 0.29) is 6.42 Å². The Morgan fingerprint density at radius 2 is 2.15 bits per heavy atom. The molecular formula is C9H12F3N. The van der Waals surface area contributed by atoms with Gasteiger partial charge in [-0.15, -0.1) is 0 Å². The first-order valence-corrected chi connectivity index (χ1v) is 4.17. The maximum absolute atomic E-state index is 12.3. The number of nitrogens with two attached hydrogens (primary N) is 1. The first-order chi connectivity index (χ1) is 5.93. The van der Waals surface area contributed by atoms with Crippen LogP contribution in [-0.2, 0) is 0 Å². The third-order valence-corrected chi connectivity index (χ3v) is 2.02. The second-order valence-corrected chi connectivity index (χ2v) is 3.13. The van der Waals surface area contributed by atoms with E-state index >= 15 is 0 Å². The van der Waals surface area contributed by atoms with Crippen molar-refractivity contribution in [3.63, 3.8) is 0 Å². The van der Waals surface area contributed by atoms with Gasteiger partial charge >= 0.3 is 6.18 Å². The monoisotopic (exact) mass is 191 g/mol. The van der Waals surface area contributed by atoms with Gasteiger partial charge in [0.05, 0.1) is 0 Å². The molecule has 1 aliphatic rings. The Morgan fingerprint density at radius 3 is 2.62 bits per heavy atom. The summed E-state index contributed by atoms with van der Waals surface area (Å²) in [6.07, 6.45) is -0.856. The van der Waals surface area contributed by atoms with Crippen molar-refractivity contribution in [1.82, 2.24) is 0 Å². The summed E-state index contributed by atoms with van der Waals surface area (Å²) in [6.45, 7) is 1.81. The normalized spacial score (nSPS) is 23.9. The van der Waals surface area contributed by atoms with E-state index in [1.54, 1.807) is 6.08 Å². The van der Waals surface area contributed by atoms with Gasteiger partial charge in [-0.05, 0) is 12.8 Å². The minimum atomic E-state index is -4.23. The van der Waals surface area contributed by atoms with E-state index in [2.05, 4.69) is 0 Å². The van der Waals surface area contributed by atoms with Crippen molar-refractivity contribution in [3.8, 4) is 0 Å². The minimum absolute atomic E-state index is 0.104. The molecule has 0 bridgehead atoms. The van der Waals surface area contributed by atoms with Crippen molar-refractivity contribution in [2.24, 2.45) is 5.73 Å². The maximum atomic E-state index is 12.3. The molecule has 1 aliphatic carbocycles. The lowest BCUT2D eigenvalue weighted by atomic mass is 9.94. The van der Waals surface area contributed by atoms with Gasteiger partial charge in [0, 0.05) is 11.6 Å². The van der Waals surface area contributed by atoms with Gasteiger partial charge in [0.1, 0.15) is 0 Å². The SMILES string of the molecule is CCC1=CC(N)CC(C(F)(F)F)=C1. The molecule has 0 radical (unpaired) electrons. The smallest absolute Gasteiger partial charge is 0.324 e. The second-order valence-electron chi connectivity index (χ2n) is 3.13. The molecule has 0 saturated carbocycles. The Morgan fingerprint density at radius 1 is 1.54 bits per heavy atom. The summed E-state index contributed by atoms with van der Waals surface area (Å²) in [5.41, 5.74) is 5.63. The van der Waals surface area contributed by atoms with E-state index in [1.807, 2.05) is 6.92 Å². The van der Waals surface area contributed by atoms with E-state index in [0.717, 1.165) is 0 Å². The number of allylic oxidation sites excluding steroid dienone is 2. The maximum Gasteiger partial charge on any atom is 0.412 e. The fourth-order valence-corrected chi connectivity index (χ4v) is 1.34. The van der Waals surface area contributed by atoms with Crippen LogP contribution in [0, 0.1) is 0 Å². The highest BCUT2D eigenvalue weighted by Crippen LogP contribution is 2.32. The lowest BCUT2D eigenvalue weighted by Crippen LogP contribution is -2.26. The number of hydrogen-bond donors (Lipinski definition) is 1. The molecule has 0 heterocycles. The quantitative estimate of drug-likeness (QED) is 0.677. The number of alkyl halides is 3. The molecule has 1 nitrogen and oxygen atoms in total. The van der Waals surface area contributed by atoms with Gasteiger partial charge in [0.25, 0.3) is 0 Å². The molecule has 0 aliphatic heterocycles. The molecule has 0 saturated heterocycles. The molecule has 4 heteroatoms. The Bertz CT molecular complexity index is 250. The van der Waals surface area contributed by atoms with Gasteiger partial charge in [-0.1, -0.05) is 24.6 Å². The van der Waals surface area contributed by atoms with E-state index in [1.165, 1.54) is 6.08 Å². The summed E-state index contributed by atoms with van der Waals surface area (Å²) in [5, 5.41) is 0. The topological polar surface area (TPSA) is 26.0 Å². The standard InChI is InChI=1S/C9H12F3N/c1-2-6-3-7(9(10,11)12)5-8(13)4-6/h3-4,8H,2,5,13H2,1H3. The highest BCUT2D eigenvalue weighted by Gasteiger charge is 2.35. The van der Waals surface area contributed by atoms with Crippen LogP contribution in [0.1, 0.15) is 19.8 Å². The molecule has 0 fully saturated rings. The van der Waals surface area contributed by atoms with Crippen LogP contribution in [0.5, 0.6) is 0 Å². The summed E-state index contributed by atoms with van der Waals surface area (Å²) in [5.74, 6) is 0. The second kappa shape index (κ2) is 3.54. The first kappa shape index (κ1) is 10.3. The average molecular weight is 191 g/mol. The van der Waals surface area contributed by atoms with Crippen molar-refractivity contribution in [2.75, 3.05) is 0 Å². The Labute approximate surface area is 75.1 Å². The zero-order valence-corrected chi connectivity index (χ0v) is 7.36. The minimum Gasteiger partial charge on any atom is -0.324 e. The van der Waals surface area contributed by atoms with Crippen molar-refractivity contribution >= 4 is 0 Å². The molecule has 13 heavy (non-hydrogen) atoms. The van der Waals surface area contributed by atoms with Crippen LogP contribution in [0.2, 0.25) is 0 Å². The van der Waals surface area contributed by atoms with Crippen LogP contribution in [0.4, 0.5) is 13.2 Å². The zero-order valence-electron chi connectivity index (χ0n) is 7.36. The van der Waals surface area contributed by atoms with Crippen molar-refractivity contribution in [3.05, 3.63) is 23.3 Å². The Kier molecular flexibility index (Phi) is 2.81. The van der Waals surface area contributed by atoms with Crippen LogP contribution in [0.3, 0.4) is 0 Å². The predicted octanol–water partition coefficient (Wildman–Crippen LogP) is 2.54. The average Bonchev–Trinajstić information content (AvgIpc) is 2.01. The molecular weight excluding hydrogens is 179 g/mol. The van der Waals surface area contributed by atoms with Crippen molar-refractivity contribution < 1.29 is 13.2 Å². The number of rotatable bonds is 1. The van der Waals surface area contributed by atoms with Gasteiger partial charge in [-0.2, -0.15) is 13.2 Å². The van der Waals surface area contributed by atoms with Crippen molar-refractivity contribution in [2.45, 2.75) is 32.0 Å². The molecule has 1 rings (SSSR count). The van der Waals surface area contributed by atoms with Gasteiger partial charge < -0.3 is 5.73 Å². The summed E-state index contributed by atoms with van der Waals surface area (Å²) < 4.78 is 36.8. The highest BCUT2D eigenvalue weighted by atomic mass is 19.4. The van der Waals surface area contributed by atoms with Gasteiger partial charge in [-0.3, -0.25) is 0 Å². The predicted molar refractivity (Wildman–Crippen MR) is 45.1 cm³/mol. The molecule has 74 valence electrons. The van der Waals surface area contributed by atoms with E-state index in [4.69, 9.17) is 5.73 Å². The van der Waals surface area contributed by atoms with Gasteiger partial charge in [0.15, 0.2) is 0 Å². The third-order valence-electron chi connectivity index (χ3n) is 2.02. The van der Waals surface area contributed by atoms with E-state index in [0.29, 0.717) is 12.0 Å². The molecule has 1 atom stereocenters. The van der Waals surface area contributed by atoms with Crippen LogP contribution < -0.4 is 5.73 Å². The molecule has 0 aromatic carbocycles. The Balaban J connectivity index is 2.89. The fraction of sp³-hybridized carbons (Fsp3) is 0.556. The lowest BCUT2D eigenvalue weighted by Gasteiger charge is -2.20. The summed E-state index contributed by atoms with van der Waals surface area (Å²) >= 11 is 0. The zero-order chi connectivity index (χ0) is 10.1. The van der Waals surface area contributed by atoms with Crippen LogP contribution in [-0.4, -0.2) is 12.2 Å². The first-order valence-electron chi connectivity index (χ1n) is 4.17. The van der Waals surface area contributed by atoms with Crippen molar-refractivity contribution in [1.29, 1.82) is 0 Å². The van der Waals surface area contributed by atoms with E-state index in [9.17, 15) is 13.2 Å². The molecule has 2 N–H and O–H groups in total. The summed E-state index contributed by atoms with van der Waals surface area (Å²) in [7, 11) is 0. The highest BCUT2D eigenvalue weighted by molar-refractivity contribution is 5.32. The number of hydrogen-bond acceptors (Lipinski definition) is 1. The third kappa shape index (κ3) is 2.59. The lowest BCUT2D eigenvalue weighted by molar-refractivity contribution is -0.0945. The summed E-state index contributed by atoms with van der Waals surface area (Å²) in [6, 6.07) is -0.489. The molecule has 0 amide bonds. The molecule has 0 spiro atoms. The van der Waals surface area contributed by atoms with Crippen LogP contribution in [0.15, 0.2) is 23.3 Å².